The average Bonchev–Trinajstić information content (AvgIpc) is 1.80. The Kier molecular flexibility index (Phi) is 4.83. The van der Waals surface area contributed by atoms with Crippen molar-refractivity contribution in [3.05, 3.63) is 0 Å². The fourth-order valence-electron chi connectivity index (χ4n) is 0.881. The smallest absolute Gasteiger partial charge is 0.304 e. The molecule has 0 aromatic rings. The summed E-state index contributed by atoms with van der Waals surface area (Å²) in [5.41, 5.74) is 0.296. The zero-order valence-corrected chi connectivity index (χ0v) is 9.52. The Balaban J connectivity index is 3.57. The highest BCUT2D eigenvalue weighted by molar-refractivity contribution is 9.09. The minimum atomic E-state index is -0.731. The maximum absolute atomic E-state index is 10.3. The zero-order chi connectivity index (χ0) is 9.78. The third kappa shape index (κ3) is 8.05. The Labute approximate surface area is 82.5 Å². The third-order valence-corrected chi connectivity index (χ3v) is 2.39. The highest BCUT2D eigenvalue weighted by atomic mass is 79.9. The van der Waals surface area contributed by atoms with Crippen molar-refractivity contribution < 1.29 is 9.90 Å². The topological polar surface area (TPSA) is 37.3 Å². The van der Waals surface area contributed by atoms with Crippen LogP contribution in [0.4, 0.5) is 0 Å². The van der Waals surface area contributed by atoms with Gasteiger partial charge in [0.15, 0.2) is 0 Å². The largest absolute Gasteiger partial charge is 0.481 e. The lowest BCUT2D eigenvalue weighted by molar-refractivity contribution is -0.136. The van der Waals surface area contributed by atoms with Crippen molar-refractivity contribution in [2.75, 3.05) is 0 Å². The molecule has 1 atom stereocenters. The van der Waals surface area contributed by atoms with Gasteiger partial charge in [-0.25, -0.2) is 0 Å². The Morgan fingerprint density at radius 2 is 2.00 bits per heavy atom. The standard InChI is InChI=1S/C9H17BrO2/c1-9(2,3)5-4-7(10)6-8(11)12/h7H,4-6H2,1-3H3,(H,11,12). The van der Waals surface area contributed by atoms with Gasteiger partial charge in [-0.2, -0.15) is 0 Å². The van der Waals surface area contributed by atoms with Crippen LogP contribution < -0.4 is 0 Å². The van der Waals surface area contributed by atoms with Gasteiger partial charge in [-0.1, -0.05) is 36.7 Å². The molecule has 0 aliphatic heterocycles. The number of carbonyl (C=O) groups is 1. The molecule has 0 fully saturated rings. The number of carboxylic acids is 1. The van der Waals surface area contributed by atoms with Gasteiger partial charge in [0, 0.05) is 4.83 Å². The van der Waals surface area contributed by atoms with E-state index < -0.39 is 5.97 Å². The predicted molar refractivity (Wildman–Crippen MR) is 53.7 cm³/mol. The molecule has 1 N–H and O–H groups in total. The lowest BCUT2D eigenvalue weighted by Gasteiger charge is -2.19. The molecule has 0 aliphatic carbocycles. The van der Waals surface area contributed by atoms with E-state index in [1.165, 1.54) is 0 Å². The predicted octanol–water partition coefficient (Wildman–Crippen LogP) is 3.05. The van der Waals surface area contributed by atoms with Crippen molar-refractivity contribution in [3.8, 4) is 0 Å². The molecular weight excluding hydrogens is 220 g/mol. The van der Waals surface area contributed by atoms with Gasteiger partial charge in [-0.3, -0.25) is 4.79 Å². The molecule has 1 unspecified atom stereocenters. The van der Waals surface area contributed by atoms with Crippen molar-refractivity contribution in [3.63, 3.8) is 0 Å². The molecule has 0 saturated carbocycles. The average molecular weight is 237 g/mol. The van der Waals surface area contributed by atoms with Crippen LogP contribution in [0.3, 0.4) is 0 Å². The van der Waals surface area contributed by atoms with E-state index in [4.69, 9.17) is 5.11 Å². The monoisotopic (exact) mass is 236 g/mol. The molecule has 0 aliphatic rings. The molecule has 0 bridgehead atoms. The van der Waals surface area contributed by atoms with Gasteiger partial charge >= 0.3 is 5.97 Å². The summed E-state index contributed by atoms with van der Waals surface area (Å²) in [7, 11) is 0. The first kappa shape index (κ1) is 11.9. The number of carboxylic acid groups (broad SMARTS) is 1. The summed E-state index contributed by atoms with van der Waals surface area (Å²) in [5, 5.41) is 8.48. The van der Waals surface area contributed by atoms with E-state index in [1.807, 2.05) is 0 Å². The maximum Gasteiger partial charge on any atom is 0.304 e. The van der Waals surface area contributed by atoms with Gasteiger partial charge in [-0.15, -0.1) is 0 Å². The van der Waals surface area contributed by atoms with Gasteiger partial charge in [0.25, 0.3) is 0 Å². The van der Waals surface area contributed by atoms with Crippen LogP contribution in [0.25, 0.3) is 0 Å². The summed E-state index contributed by atoms with van der Waals surface area (Å²) in [6, 6.07) is 0. The second-order valence-corrected chi connectivity index (χ2v) is 5.59. The number of rotatable bonds is 4. The molecule has 72 valence electrons. The van der Waals surface area contributed by atoms with Gasteiger partial charge in [0.1, 0.15) is 0 Å². The molecule has 3 heteroatoms. The quantitative estimate of drug-likeness (QED) is 0.763. The number of halogens is 1. The first-order valence-electron chi connectivity index (χ1n) is 4.17. The second kappa shape index (κ2) is 4.85. The first-order chi connectivity index (χ1) is 5.31. The molecule has 2 nitrogen and oxygen atoms in total. The van der Waals surface area contributed by atoms with E-state index in [-0.39, 0.29) is 11.2 Å². The van der Waals surface area contributed by atoms with Gasteiger partial charge in [0.2, 0.25) is 0 Å². The highest BCUT2D eigenvalue weighted by Crippen LogP contribution is 2.24. The maximum atomic E-state index is 10.3. The van der Waals surface area contributed by atoms with Crippen LogP contribution in [0.2, 0.25) is 0 Å². The summed E-state index contributed by atoms with van der Waals surface area (Å²) in [6.45, 7) is 6.48. The van der Waals surface area contributed by atoms with Crippen molar-refractivity contribution in [1.29, 1.82) is 0 Å². The Morgan fingerprint density at radius 3 is 2.33 bits per heavy atom. The minimum Gasteiger partial charge on any atom is -0.481 e. The van der Waals surface area contributed by atoms with Gasteiger partial charge < -0.3 is 5.11 Å². The second-order valence-electron chi connectivity index (χ2n) is 4.29. The summed E-state index contributed by atoms with van der Waals surface area (Å²) in [4.78, 5) is 10.4. The van der Waals surface area contributed by atoms with E-state index in [9.17, 15) is 4.79 Å². The lowest BCUT2D eigenvalue weighted by atomic mass is 9.89. The molecule has 0 heterocycles. The summed E-state index contributed by atoms with van der Waals surface area (Å²) < 4.78 is 0. The normalized spacial score (nSPS) is 14.3. The number of hydrogen-bond acceptors (Lipinski definition) is 1. The van der Waals surface area contributed by atoms with E-state index in [0.29, 0.717) is 5.41 Å². The van der Waals surface area contributed by atoms with Gasteiger partial charge in [-0.05, 0) is 18.3 Å². The highest BCUT2D eigenvalue weighted by Gasteiger charge is 2.15. The van der Waals surface area contributed by atoms with E-state index in [2.05, 4.69) is 36.7 Å². The van der Waals surface area contributed by atoms with Crippen LogP contribution in [0.1, 0.15) is 40.0 Å². The van der Waals surface area contributed by atoms with E-state index in [0.717, 1.165) is 12.8 Å². The molecule has 0 radical (unpaired) electrons. The first-order valence-corrected chi connectivity index (χ1v) is 5.09. The van der Waals surface area contributed by atoms with E-state index >= 15 is 0 Å². The minimum absolute atomic E-state index is 0.120. The summed E-state index contributed by atoms with van der Waals surface area (Å²) in [6.07, 6.45) is 2.20. The van der Waals surface area contributed by atoms with Crippen LogP contribution in [0.5, 0.6) is 0 Å². The van der Waals surface area contributed by atoms with Crippen LogP contribution in [-0.4, -0.2) is 15.9 Å². The third-order valence-electron chi connectivity index (χ3n) is 1.60. The fraction of sp³-hybridized carbons (Fsp3) is 0.889. The number of alkyl halides is 1. The molecule has 12 heavy (non-hydrogen) atoms. The molecule has 0 amide bonds. The van der Waals surface area contributed by atoms with Crippen LogP contribution in [0, 0.1) is 5.41 Å². The fourth-order valence-corrected chi connectivity index (χ4v) is 1.39. The molecule has 0 spiro atoms. The van der Waals surface area contributed by atoms with Crippen molar-refractivity contribution >= 4 is 21.9 Å². The molecule has 0 aromatic heterocycles. The van der Waals surface area contributed by atoms with Crippen LogP contribution in [0.15, 0.2) is 0 Å². The van der Waals surface area contributed by atoms with Gasteiger partial charge in [0.05, 0.1) is 6.42 Å². The SMILES string of the molecule is CC(C)(C)CCC(Br)CC(=O)O. The number of aliphatic carboxylic acids is 1. The lowest BCUT2D eigenvalue weighted by Crippen LogP contribution is -2.11. The Bertz CT molecular complexity index is 149. The van der Waals surface area contributed by atoms with Crippen LogP contribution in [-0.2, 0) is 4.79 Å². The summed E-state index contributed by atoms with van der Waals surface area (Å²) >= 11 is 3.35. The van der Waals surface area contributed by atoms with E-state index in [1.54, 1.807) is 0 Å². The van der Waals surface area contributed by atoms with Crippen LogP contribution >= 0.6 is 15.9 Å². The Hall–Kier alpha value is -0.0500. The van der Waals surface area contributed by atoms with Crippen molar-refractivity contribution in [2.45, 2.75) is 44.9 Å². The number of hydrogen-bond donors (Lipinski definition) is 1. The molecular formula is C9H17BrO2. The molecule has 0 aromatic carbocycles. The molecule has 0 rings (SSSR count). The van der Waals surface area contributed by atoms with Crippen molar-refractivity contribution in [1.82, 2.24) is 0 Å². The zero-order valence-electron chi connectivity index (χ0n) is 7.93. The summed E-state index contributed by atoms with van der Waals surface area (Å²) in [5.74, 6) is -0.731. The van der Waals surface area contributed by atoms with Crippen molar-refractivity contribution in [2.24, 2.45) is 5.41 Å². The molecule has 0 saturated heterocycles. The Morgan fingerprint density at radius 1 is 1.50 bits per heavy atom.